The van der Waals surface area contributed by atoms with E-state index >= 15 is 0 Å². The van der Waals surface area contributed by atoms with E-state index in [-0.39, 0.29) is 5.69 Å². The van der Waals surface area contributed by atoms with Gasteiger partial charge in [0.25, 0.3) is 5.69 Å². The predicted octanol–water partition coefficient (Wildman–Crippen LogP) is 2.76. The molecule has 1 N–H and O–H groups in total. The lowest BCUT2D eigenvalue weighted by Gasteiger charge is -2.04. The third kappa shape index (κ3) is 3.24. The van der Waals surface area contributed by atoms with Crippen LogP contribution in [0.2, 0.25) is 0 Å². The number of nitrogens with one attached hydrogen (secondary N) is 1. The standard InChI is InChI=1S/C11H9BrN4O2/c12-9-6-14-11(15-7-9)13-5-8-1-3-10(4-2-8)16(17)18/h1-4,6-7H,5H2,(H,13,14,15). The zero-order valence-electron chi connectivity index (χ0n) is 9.21. The summed E-state index contributed by atoms with van der Waals surface area (Å²) in [6, 6.07) is 6.34. The third-order valence-corrected chi connectivity index (χ3v) is 2.63. The highest BCUT2D eigenvalue weighted by Gasteiger charge is 2.03. The van der Waals surface area contributed by atoms with E-state index in [1.165, 1.54) is 12.1 Å². The summed E-state index contributed by atoms with van der Waals surface area (Å²) in [6.45, 7) is 0.514. The molecule has 18 heavy (non-hydrogen) atoms. The largest absolute Gasteiger partial charge is 0.350 e. The number of nitro benzene ring substituents is 1. The molecule has 6 nitrogen and oxygen atoms in total. The number of aromatic nitrogens is 2. The number of hydrogen-bond donors (Lipinski definition) is 1. The molecular formula is C11H9BrN4O2. The second-order valence-electron chi connectivity index (χ2n) is 3.50. The maximum atomic E-state index is 10.5. The molecule has 0 aliphatic carbocycles. The van der Waals surface area contributed by atoms with Crippen LogP contribution in [0.4, 0.5) is 11.6 Å². The highest BCUT2D eigenvalue weighted by Crippen LogP contribution is 2.13. The number of hydrogen-bond acceptors (Lipinski definition) is 5. The van der Waals surface area contributed by atoms with Gasteiger partial charge in [0, 0.05) is 31.1 Å². The van der Waals surface area contributed by atoms with Gasteiger partial charge in [-0.2, -0.15) is 0 Å². The van der Waals surface area contributed by atoms with Crippen molar-refractivity contribution < 1.29 is 4.92 Å². The van der Waals surface area contributed by atoms with Crippen LogP contribution in [-0.4, -0.2) is 14.9 Å². The van der Waals surface area contributed by atoms with Crippen molar-refractivity contribution in [1.29, 1.82) is 0 Å². The normalized spacial score (nSPS) is 10.1. The molecule has 0 radical (unpaired) electrons. The number of non-ortho nitro benzene ring substituents is 1. The van der Waals surface area contributed by atoms with E-state index in [4.69, 9.17) is 0 Å². The van der Waals surface area contributed by atoms with E-state index in [1.807, 2.05) is 0 Å². The Hall–Kier alpha value is -2.02. The van der Waals surface area contributed by atoms with Crippen LogP contribution in [0.5, 0.6) is 0 Å². The molecular weight excluding hydrogens is 300 g/mol. The van der Waals surface area contributed by atoms with Gasteiger partial charge < -0.3 is 5.32 Å². The first-order valence-electron chi connectivity index (χ1n) is 5.10. The molecule has 0 atom stereocenters. The molecule has 2 rings (SSSR count). The minimum absolute atomic E-state index is 0.0821. The van der Waals surface area contributed by atoms with Crippen molar-refractivity contribution >= 4 is 27.6 Å². The molecule has 92 valence electrons. The summed E-state index contributed by atoms with van der Waals surface area (Å²) >= 11 is 3.25. The number of benzene rings is 1. The Bertz CT molecular complexity index is 542. The van der Waals surface area contributed by atoms with E-state index in [9.17, 15) is 10.1 Å². The van der Waals surface area contributed by atoms with Gasteiger partial charge in [0.2, 0.25) is 5.95 Å². The first kappa shape index (κ1) is 12.4. The van der Waals surface area contributed by atoms with E-state index in [2.05, 4.69) is 31.2 Å². The minimum Gasteiger partial charge on any atom is -0.350 e. The molecule has 7 heteroatoms. The lowest BCUT2D eigenvalue weighted by atomic mass is 10.2. The summed E-state index contributed by atoms with van der Waals surface area (Å²) in [5, 5.41) is 13.5. The molecule has 0 amide bonds. The Morgan fingerprint density at radius 3 is 2.39 bits per heavy atom. The van der Waals surface area contributed by atoms with Gasteiger partial charge in [-0.1, -0.05) is 12.1 Å². The molecule has 0 saturated carbocycles. The van der Waals surface area contributed by atoms with Crippen LogP contribution in [-0.2, 0) is 6.54 Å². The minimum atomic E-state index is -0.422. The van der Waals surface area contributed by atoms with E-state index in [0.717, 1.165) is 10.0 Å². The van der Waals surface area contributed by atoms with Crippen LogP contribution < -0.4 is 5.32 Å². The fourth-order valence-electron chi connectivity index (χ4n) is 1.32. The molecule has 2 aromatic rings. The second-order valence-corrected chi connectivity index (χ2v) is 4.42. The summed E-state index contributed by atoms with van der Waals surface area (Å²) in [7, 11) is 0. The Balaban J connectivity index is 1.97. The number of nitro groups is 1. The van der Waals surface area contributed by atoms with Crippen LogP contribution in [0, 0.1) is 10.1 Å². The van der Waals surface area contributed by atoms with Crippen molar-refractivity contribution in [2.75, 3.05) is 5.32 Å². The van der Waals surface area contributed by atoms with Crippen LogP contribution in [0.1, 0.15) is 5.56 Å². The summed E-state index contributed by atoms with van der Waals surface area (Å²) < 4.78 is 0.809. The van der Waals surface area contributed by atoms with E-state index in [1.54, 1.807) is 24.5 Å². The van der Waals surface area contributed by atoms with Crippen molar-refractivity contribution in [2.45, 2.75) is 6.54 Å². The Morgan fingerprint density at radius 1 is 1.22 bits per heavy atom. The Labute approximate surface area is 111 Å². The van der Waals surface area contributed by atoms with Crippen LogP contribution in [0.3, 0.4) is 0 Å². The number of nitrogens with zero attached hydrogens (tertiary/aromatic N) is 3. The second kappa shape index (κ2) is 5.54. The predicted molar refractivity (Wildman–Crippen MR) is 70.2 cm³/mol. The molecule has 0 fully saturated rings. The van der Waals surface area contributed by atoms with E-state index < -0.39 is 4.92 Å². The van der Waals surface area contributed by atoms with Gasteiger partial charge in [0.15, 0.2) is 0 Å². The van der Waals surface area contributed by atoms with Gasteiger partial charge in [-0.3, -0.25) is 10.1 Å². The molecule has 1 heterocycles. The van der Waals surface area contributed by atoms with Crippen molar-refractivity contribution in [2.24, 2.45) is 0 Å². The SMILES string of the molecule is O=[N+]([O-])c1ccc(CNc2ncc(Br)cn2)cc1. The Morgan fingerprint density at radius 2 is 1.83 bits per heavy atom. The maximum Gasteiger partial charge on any atom is 0.269 e. The maximum absolute atomic E-state index is 10.5. The first-order valence-corrected chi connectivity index (χ1v) is 5.89. The van der Waals surface area contributed by atoms with Crippen LogP contribution in [0.15, 0.2) is 41.1 Å². The average Bonchev–Trinajstić information content (AvgIpc) is 2.38. The number of halogens is 1. The molecule has 0 unspecified atom stereocenters. The van der Waals surface area contributed by atoms with Gasteiger partial charge in [-0.05, 0) is 21.5 Å². The quantitative estimate of drug-likeness (QED) is 0.694. The molecule has 0 bridgehead atoms. The van der Waals surface area contributed by atoms with Gasteiger partial charge in [-0.25, -0.2) is 9.97 Å². The fourth-order valence-corrected chi connectivity index (χ4v) is 1.52. The third-order valence-electron chi connectivity index (χ3n) is 2.22. The fraction of sp³-hybridized carbons (Fsp3) is 0.0909. The summed E-state index contributed by atoms with van der Waals surface area (Å²) in [5.74, 6) is 0.511. The molecule has 0 spiro atoms. The lowest BCUT2D eigenvalue weighted by Crippen LogP contribution is -2.03. The highest BCUT2D eigenvalue weighted by molar-refractivity contribution is 9.10. The zero-order chi connectivity index (χ0) is 13.0. The van der Waals surface area contributed by atoms with Crippen molar-refractivity contribution in [1.82, 2.24) is 9.97 Å². The first-order chi connectivity index (χ1) is 8.65. The number of anilines is 1. The number of rotatable bonds is 4. The van der Waals surface area contributed by atoms with Crippen LogP contribution in [0.25, 0.3) is 0 Å². The monoisotopic (exact) mass is 308 g/mol. The lowest BCUT2D eigenvalue weighted by molar-refractivity contribution is -0.384. The Kier molecular flexibility index (Phi) is 3.83. The van der Waals surface area contributed by atoms with Crippen LogP contribution >= 0.6 is 15.9 Å². The molecule has 0 aliphatic rings. The van der Waals surface area contributed by atoms with Gasteiger partial charge in [0.1, 0.15) is 0 Å². The summed E-state index contributed by atoms with van der Waals surface area (Å²) in [6.07, 6.45) is 3.29. The zero-order valence-corrected chi connectivity index (χ0v) is 10.8. The van der Waals surface area contributed by atoms with Crippen molar-refractivity contribution in [3.05, 3.63) is 56.8 Å². The van der Waals surface area contributed by atoms with Gasteiger partial charge in [-0.15, -0.1) is 0 Å². The van der Waals surface area contributed by atoms with Gasteiger partial charge in [0.05, 0.1) is 9.40 Å². The van der Waals surface area contributed by atoms with Gasteiger partial charge >= 0.3 is 0 Å². The molecule has 1 aromatic carbocycles. The average molecular weight is 309 g/mol. The molecule has 0 aliphatic heterocycles. The summed E-state index contributed by atoms with van der Waals surface area (Å²) in [4.78, 5) is 18.2. The molecule has 0 saturated heterocycles. The topological polar surface area (TPSA) is 81.0 Å². The van der Waals surface area contributed by atoms with Crippen molar-refractivity contribution in [3.8, 4) is 0 Å². The van der Waals surface area contributed by atoms with E-state index in [0.29, 0.717) is 12.5 Å². The smallest absolute Gasteiger partial charge is 0.269 e. The van der Waals surface area contributed by atoms with Crippen molar-refractivity contribution in [3.63, 3.8) is 0 Å². The molecule has 1 aromatic heterocycles. The highest BCUT2D eigenvalue weighted by atomic mass is 79.9. The summed E-state index contributed by atoms with van der Waals surface area (Å²) in [5.41, 5.74) is 1.01.